The molecule has 7 aromatic carbocycles. The molecule has 0 saturated carbocycles. The number of rotatable bonds is 4. The van der Waals surface area contributed by atoms with Crippen molar-refractivity contribution in [1.29, 1.82) is 0 Å². The summed E-state index contributed by atoms with van der Waals surface area (Å²) in [4.78, 5) is 15.9. The maximum Gasteiger partial charge on any atom is 0.147 e. The molecule has 0 N–H and O–H groups in total. The van der Waals surface area contributed by atoms with Crippen LogP contribution in [-0.2, 0) is 0 Å². The summed E-state index contributed by atoms with van der Waals surface area (Å²) in [6.45, 7) is 0. The third-order valence-electron chi connectivity index (χ3n) is 11.1. The minimum absolute atomic E-state index is 0.850. The Hall–Kier alpha value is -7.21. The normalized spacial score (nSPS) is 11.9. The highest BCUT2D eigenvalue weighted by Crippen LogP contribution is 2.45. The summed E-state index contributed by atoms with van der Waals surface area (Å²) in [7, 11) is 0. The molecule has 0 saturated heterocycles. The lowest BCUT2D eigenvalue weighted by Gasteiger charge is -2.12. The van der Waals surface area contributed by atoms with Crippen LogP contribution in [0.2, 0.25) is 0 Å². The fraction of sp³-hybridized carbons (Fsp3) is 0. The number of fused-ring (bicyclic) bond motifs is 11. The van der Waals surface area contributed by atoms with Gasteiger partial charge in [0.15, 0.2) is 0 Å². The Balaban J connectivity index is 1.03. The predicted molar refractivity (Wildman–Crippen MR) is 234 cm³/mol. The molecule has 56 heavy (non-hydrogen) atoms. The molecule has 0 radical (unpaired) electrons. The van der Waals surface area contributed by atoms with Gasteiger partial charge in [-0.05, 0) is 30.3 Å². The van der Waals surface area contributed by atoms with E-state index in [9.17, 15) is 0 Å². The van der Waals surface area contributed by atoms with Gasteiger partial charge in [0.05, 0.1) is 39.0 Å². The topological polar surface area (TPSA) is 51.8 Å². The number of nitrogens with zero attached hydrogens (tertiary/aromatic N) is 3. The van der Waals surface area contributed by atoms with Gasteiger partial charge in [-0.3, -0.25) is 0 Å². The minimum atomic E-state index is 0.850. The van der Waals surface area contributed by atoms with E-state index in [1.165, 1.54) is 25.7 Å². The van der Waals surface area contributed by atoms with Crippen LogP contribution in [0.1, 0.15) is 0 Å². The Morgan fingerprint density at radius 2 is 0.982 bits per heavy atom. The quantitative estimate of drug-likeness (QED) is 0.169. The van der Waals surface area contributed by atoms with E-state index in [0.29, 0.717) is 0 Å². The number of para-hydroxylation sites is 2. The summed E-state index contributed by atoms with van der Waals surface area (Å²) in [6.07, 6.45) is 0. The van der Waals surface area contributed by atoms with Gasteiger partial charge >= 0.3 is 0 Å². The molecule has 0 fully saturated rings. The molecule has 5 heteroatoms. The van der Waals surface area contributed by atoms with Gasteiger partial charge in [-0.2, -0.15) is 0 Å². The monoisotopic (exact) mass is 731 g/mol. The van der Waals surface area contributed by atoms with Gasteiger partial charge in [-0.1, -0.05) is 146 Å². The van der Waals surface area contributed by atoms with Crippen LogP contribution >= 0.6 is 11.3 Å². The predicted octanol–water partition coefficient (Wildman–Crippen LogP) is 14.3. The lowest BCUT2D eigenvalue weighted by Crippen LogP contribution is -1.92. The Morgan fingerprint density at radius 3 is 1.75 bits per heavy atom. The van der Waals surface area contributed by atoms with Gasteiger partial charge in [0, 0.05) is 69.5 Å². The van der Waals surface area contributed by atoms with Crippen LogP contribution in [0.3, 0.4) is 0 Å². The van der Waals surface area contributed by atoms with Crippen LogP contribution in [0.5, 0.6) is 0 Å². The van der Waals surface area contributed by atoms with E-state index in [1.54, 1.807) is 0 Å². The molecule has 0 aliphatic rings. The van der Waals surface area contributed by atoms with E-state index in [0.717, 1.165) is 94.0 Å². The maximum absolute atomic E-state index is 6.71. The molecule has 5 heterocycles. The van der Waals surface area contributed by atoms with Crippen molar-refractivity contribution in [3.63, 3.8) is 0 Å². The van der Waals surface area contributed by atoms with Gasteiger partial charge in [0.1, 0.15) is 11.2 Å². The van der Waals surface area contributed by atoms with Gasteiger partial charge in [-0.15, -0.1) is 11.3 Å². The van der Waals surface area contributed by atoms with E-state index in [4.69, 9.17) is 19.4 Å². The molecule has 0 amide bonds. The van der Waals surface area contributed by atoms with Crippen molar-refractivity contribution in [3.8, 4) is 44.9 Å². The average Bonchev–Trinajstić information content (AvgIpc) is 3.85. The first-order chi connectivity index (χ1) is 27.7. The first-order valence-corrected chi connectivity index (χ1v) is 19.6. The fourth-order valence-corrected chi connectivity index (χ4v) is 9.60. The SMILES string of the molecule is c1ccc(-c2ccc3ccc4ccc(-c5ccc(-c6nc7c(-c8cccc9c8sc8ccccc89)cccc7c7oc8ccccc8c67)cc5)nc4c3n2)cc1. The standard InChI is InChI=1S/C51H29N3OS/c1-2-10-30(11-3-1)41-28-26-33-24-25-34-27-29-42(53-48(34)47(33)52-41)31-20-22-32(23-21-31)46-45-39-13-4-6-18-43(39)55-50(45)40-17-8-14-36(49(40)54-46)38-16-9-15-37-35-12-5-7-19-44(35)56-51(37)38/h1-29H. The van der Waals surface area contributed by atoms with Crippen LogP contribution in [0.25, 0.3) is 120 Å². The molecule has 0 unspecified atom stereocenters. The minimum Gasteiger partial charge on any atom is -0.455 e. The van der Waals surface area contributed by atoms with Crippen molar-refractivity contribution in [2.24, 2.45) is 0 Å². The summed E-state index contributed by atoms with van der Waals surface area (Å²) in [5.74, 6) is 0. The Labute approximate surface area is 325 Å². The second-order valence-electron chi connectivity index (χ2n) is 14.3. The van der Waals surface area contributed by atoms with Gasteiger partial charge in [-0.25, -0.2) is 15.0 Å². The molecule has 260 valence electrons. The van der Waals surface area contributed by atoms with Crippen LogP contribution < -0.4 is 0 Å². The highest BCUT2D eigenvalue weighted by Gasteiger charge is 2.21. The fourth-order valence-electron chi connectivity index (χ4n) is 8.37. The lowest BCUT2D eigenvalue weighted by atomic mass is 9.96. The Bertz CT molecular complexity index is 3530. The van der Waals surface area contributed by atoms with Gasteiger partial charge in [0.2, 0.25) is 0 Å². The summed E-state index contributed by atoms with van der Waals surface area (Å²) < 4.78 is 9.25. The molecule has 5 aromatic heterocycles. The molecule has 0 aliphatic heterocycles. The number of furan rings is 1. The lowest BCUT2D eigenvalue weighted by molar-refractivity contribution is 0.672. The van der Waals surface area contributed by atoms with Crippen molar-refractivity contribution in [3.05, 3.63) is 176 Å². The molecule has 0 aliphatic carbocycles. The molecule has 0 atom stereocenters. The second kappa shape index (κ2) is 12.2. The van der Waals surface area contributed by atoms with Gasteiger partial charge < -0.3 is 4.42 Å². The zero-order valence-corrected chi connectivity index (χ0v) is 30.7. The molecule has 0 bridgehead atoms. The molecular weight excluding hydrogens is 703 g/mol. The van der Waals surface area contributed by atoms with E-state index in [-0.39, 0.29) is 0 Å². The average molecular weight is 732 g/mol. The molecule has 12 aromatic rings. The smallest absolute Gasteiger partial charge is 0.147 e. The van der Waals surface area contributed by atoms with Crippen molar-refractivity contribution in [2.75, 3.05) is 0 Å². The third-order valence-corrected chi connectivity index (χ3v) is 12.3. The molecule has 4 nitrogen and oxygen atoms in total. The van der Waals surface area contributed by atoms with E-state index < -0.39 is 0 Å². The summed E-state index contributed by atoms with van der Waals surface area (Å²) in [5, 5.41) is 7.76. The van der Waals surface area contributed by atoms with Crippen LogP contribution in [0.15, 0.2) is 180 Å². The zero-order chi connectivity index (χ0) is 36.7. The van der Waals surface area contributed by atoms with Gasteiger partial charge in [0.25, 0.3) is 0 Å². The van der Waals surface area contributed by atoms with E-state index in [2.05, 4.69) is 146 Å². The number of hydrogen-bond acceptors (Lipinski definition) is 5. The highest BCUT2D eigenvalue weighted by atomic mass is 32.1. The molecule has 0 spiro atoms. The van der Waals surface area contributed by atoms with E-state index >= 15 is 0 Å². The van der Waals surface area contributed by atoms with Crippen molar-refractivity contribution in [2.45, 2.75) is 0 Å². The first-order valence-electron chi connectivity index (χ1n) is 18.8. The third kappa shape index (κ3) is 4.75. The summed E-state index contributed by atoms with van der Waals surface area (Å²) in [6, 6.07) is 61.7. The Kier molecular flexibility index (Phi) is 6.76. The number of thiophene rings is 1. The number of benzene rings is 7. The molecule has 12 rings (SSSR count). The van der Waals surface area contributed by atoms with Crippen LogP contribution in [0, 0.1) is 0 Å². The summed E-state index contributed by atoms with van der Waals surface area (Å²) in [5.41, 5.74) is 12.6. The number of aromatic nitrogens is 3. The highest BCUT2D eigenvalue weighted by molar-refractivity contribution is 7.26. The first kappa shape index (κ1) is 31.2. The summed E-state index contributed by atoms with van der Waals surface area (Å²) >= 11 is 1.84. The maximum atomic E-state index is 6.71. The second-order valence-corrected chi connectivity index (χ2v) is 15.3. The van der Waals surface area contributed by atoms with Crippen molar-refractivity contribution in [1.82, 2.24) is 15.0 Å². The largest absolute Gasteiger partial charge is 0.455 e. The van der Waals surface area contributed by atoms with Crippen molar-refractivity contribution >= 4 is 86.2 Å². The Morgan fingerprint density at radius 1 is 0.393 bits per heavy atom. The van der Waals surface area contributed by atoms with Crippen LogP contribution in [0.4, 0.5) is 0 Å². The molecular formula is C51H29N3OS. The zero-order valence-electron chi connectivity index (χ0n) is 29.9. The van der Waals surface area contributed by atoms with E-state index in [1.807, 2.05) is 41.7 Å². The number of hydrogen-bond donors (Lipinski definition) is 0. The van der Waals surface area contributed by atoms with Crippen molar-refractivity contribution < 1.29 is 4.42 Å². The number of pyridine rings is 3. The van der Waals surface area contributed by atoms with Crippen LogP contribution in [-0.4, -0.2) is 15.0 Å².